The number of carbonyl (C=O) groups is 1. The predicted octanol–water partition coefficient (Wildman–Crippen LogP) is 6.57. The first-order valence-corrected chi connectivity index (χ1v) is 11.4. The third-order valence-electron chi connectivity index (χ3n) is 4.10. The fraction of sp³-hybridized carbons (Fsp3) is 0.273. The van der Waals surface area contributed by atoms with Crippen molar-refractivity contribution in [2.45, 2.75) is 20.8 Å². The Morgan fingerprint density at radius 2 is 1.65 bits per heavy atom. The molecule has 0 aliphatic heterocycles. The van der Waals surface area contributed by atoms with E-state index in [2.05, 4.69) is 10.3 Å². The number of ether oxygens (including phenoxy) is 3. The van der Waals surface area contributed by atoms with Gasteiger partial charge < -0.3 is 14.2 Å². The lowest BCUT2D eigenvalue weighted by Gasteiger charge is -2.16. The van der Waals surface area contributed by atoms with Gasteiger partial charge in [-0.15, -0.1) is 11.3 Å². The number of hydrogen-bond acceptors (Lipinski definition) is 6. The van der Waals surface area contributed by atoms with Crippen LogP contribution in [0.2, 0.25) is 10.0 Å². The van der Waals surface area contributed by atoms with Crippen molar-refractivity contribution >= 4 is 45.6 Å². The monoisotopic (exact) mass is 480 g/mol. The Hall–Kier alpha value is -2.48. The summed E-state index contributed by atoms with van der Waals surface area (Å²) in [5.74, 6) is 1.05. The smallest absolute Gasteiger partial charge is 0.257 e. The SMILES string of the molecule is CCOc1cc(C(=O)Nc2nc(-c3ccc(Cl)cc3Cl)cs2)cc(OCC)c1OCC. The van der Waals surface area contributed by atoms with E-state index in [1.165, 1.54) is 11.3 Å². The highest BCUT2D eigenvalue weighted by molar-refractivity contribution is 7.14. The van der Waals surface area contributed by atoms with E-state index in [0.717, 1.165) is 5.56 Å². The van der Waals surface area contributed by atoms with Crippen LogP contribution in [0.25, 0.3) is 11.3 Å². The lowest BCUT2D eigenvalue weighted by molar-refractivity contribution is 0.102. The lowest BCUT2D eigenvalue weighted by Crippen LogP contribution is -2.13. The third kappa shape index (κ3) is 5.61. The number of nitrogens with one attached hydrogen (secondary N) is 1. The predicted molar refractivity (Wildman–Crippen MR) is 125 cm³/mol. The molecule has 1 aromatic heterocycles. The summed E-state index contributed by atoms with van der Waals surface area (Å²) in [7, 11) is 0. The Morgan fingerprint density at radius 1 is 1.00 bits per heavy atom. The normalized spacial score (nSPS) is 10.6. The van der Waals surface area contributed by atoms with Crippen molar-refractivity contribution < 1.29 is 19.0 Å². The summed E-state index contributed by atoms with van der Waals surface area (Å²) in [6.45, 7) is 6.90. The fourth-order valence-electron chi connectivity index (χ4n) is 2.84. The first-order chi connectivity index (χ1) is 15.0. The summed E-state index contributed by atoms with van der Waals surface area (Å²) >= 11 is 13.5. The number of carbonyl (C=O) groups excluding carboxylic acids is 1. The highest BCUT2D eigenvalue weighted by atomic mass is 35.5. The average Bonchev–Trinajstić information content (AvgIpc) is 3.18. The molecular weight excluding hydrogens is 459 g/mol. The molecule has 0 aliphatic carbocycles. The van der Waals surface area contributed by atoms with E-state index in [0.29, 0.717) is 63.5 Å². The Labute approximate surface area is 195 Å². The van der Waals surface area contributed by atoms with Crippen LogP contribution in [0.15, 0.2) is 35.7 Å². The number of anilines is 1. The van der Waals surface area contributed by atoms with Gasteiger partial charge in [-0.05, 0) is 51.1 Å². The zero-order valence-corrected chi connectivity index (χ0v) is 19.7. The van der Waals surface area contributed by atoms with Crippen LogP contribution in [0.5, 0.6) is 17.2 Å². The van der Waals surface area contributed by atoms with Crippen LogP contribution in [-0.4, -0.2) is 30.7 Å². The second-order valence-electron chi connectivity index (χ2n) is 6.22. The minimum Gasteiger partial charge on any atom is -0.490 e. The molecular formula is C22H22Cl2N2O4S. The fourth-order valence-corrected chi connectivity index (χ4v) is 4.05. The van der Waals surface area contributed by atoms with E-state index in [4.69, 9.17) is 37.4 Å². The zero-order valence-electron chi connectivity index (χ0n) is 17.3. The summed E-state index contributed by atoms with van der Waals surface area (Å²) in [4.78, 5) is 17.4. The number of rotatable bonds is 9. The van der Waals surface area contributed by atoms with Crippen LogP contribution < -0.4 is 19.5 Å². The quantitative estimate of drug-likeness (QED) is 0.375. The molecule has 3 aromatic rings. The Bertz CT molecular complexity index is 1040. The highest BCUT2D eigenvalue weighted by Gasteiger charge is 2.19. The van der Waals surface area contributed by atoms with Crippen LogP contribution in [0.3, 0.4) is 0 Å². The van der Waals surface area contributed by atoms with Gasteiger partial charge in [0.2, 0.25) is 5.75 Å². The van der Waals surface area contributed by atoms with Gasteiger partial charge in [0.15, 0.2) is 16.6 Å². The molecule has 6 nitrogen and oxygen atoms in total. The van der Waals surface area contributed by atoms with Crippen LogP contribution in [0.4, 0.5) is 5.13 Å². The van der Waals surface area contributed by atoms with Gasteiger partial charge >= 0.3 is 0 Å². The van der Waals surface area contributed by atoms with Gasteiger partial charge in [-0.25, -0.2) is 4.98 Å². The second-order valence-corrected chi connectivity index (χ2v) is 7.92. The molecule has 0 aliphatic rings. The van der Waals surface area contributed by atoms with Gasteiger partial charge in [0.1, 0.15) is 0 Å². The number of nitrogens with zero attached hydrogens (tertiary/aromatic N) is 1. The van der Waals surface area contributed by atoms with Crippen molar-refractivity contribution in [1.29, 1.82) is 0 Å². The molecule has 164 valence electrons. The van der Waals surface area contributed by atoms with E-state index in [1.54, 1.807) is 30.3 Å². The standard InChI is InChI=1S/C22H22Cl2N2O4S/c1-4-28-18-9-13(10-19(29-5-2)20(18)30-6-3)21(27)26-22-25-17(12-31-22)15-8-7-14(23)11-16(15)24/h7-12H,4-6H2,1-3H3,(H,25,26,27). The molecule has 2 aromatic carbocycles. The van der Waals surface area contributed by atoms with Gasteiger partial charge in [0, 0.05) is 21.5 Å². The van der Waals surface area contributed by atoms with Crippen molar-refractivity contribution in [1.82, 2.24) is 4.98 Å². The van der Waals surface area contributed by atoms with Crippen molar-refractivity contribution in [2.75, 3.05) is 25.1 Å². The maximum absolute atomic E-state index is 12.9. The molecule has 0 unspecified atom stereocenters. The van der Waals surface area contributed by atoms with Crippen molar-refractivity contribution in [3.8, 4) is 28.5 Å². The summed E-state index contributed by atoms with van der Waals surface area (Å²) in [6.07, 6.45) is 0. The second kappa shape index (κ2) is 10.7. The molecule has 0 atom stereocenters. The van der Waals surface area contributed by atoms with Crippen molar-refractivity contribution in [3.05, 3.63) is 51.3 Å². The molecule has 0 saturated heterocycles. The van der Waals surface area contributed by atoms with Gasteiger partial charge in [-0.2, -0.15) is 0 Å². The molecule has 0 fully saturated rings. The van der Waals surface area contributed by atoms with Gasteiger partial charge in [-0.1, -0.05) is 23.2 Å². The maximum atomic E-state index is 12.9. The lowest BCUT2D eigenvalue weighted by atomic mass is 10.1. The van der Waals surface area contributed by atoms with Gasteiger partial charge in [-0.3, -0.25) is 10.1 Å². The molecule has 0 spiro atoms. The highest BCUT2D eigenvalue weighted by Crippen LogP contribution is 2.39. The number of amides is 1. The maximum Gasteiger partial charge on any atom is 0.257 e. The number of thiazole rings is 1. The molecule has 0 saturated carbocycles. The summed E-state index contributed by atoms with van der Waals surface area (Å²) < 4.78 is 17.0. The van der Waals surface area contributed by atoms with Gasteiger partial charge in [0.25, 0.3) is 5.91 Å². The van der Waals surface area contributed by atoms with Crippen LogP contribution >= 0.6 is 34.5 Å². The largest absolute Gasteiger partial charge is 0.490 e. The van der Waals surface area contributed by atoms with Crippen LogP contribution in [0.1, 0.15) is 31.1 Å². The van der Waals surface area contributed by atoms with E-state index in [-0.39, 0.29) is 5.91 Å². The molecule has 3 rings (SSSR count). The Morgan fingerprint density at radius 3 is 2.23 bits per heavy atom. The van der Waals surface area contributed by atoms with Crippen molar-refractivity contribution in [2.24, 2.45) is 0 Å². The topological polar surface area (TPSA) is 69.7 Å². The van der Waals surface area contributed by atoms with Crippen molar-refractivity contribution in [3.63, 3.8) is 0 Å². The first-order valence-electron chi connectivity index (χ1n) is 9.75. The van der Waals surface area contributed by atoms with E-state index in [9.17, 15) is 4.79 Å². The average molecular weight is 481 g/mol. The van der Waals surface area contributed by atoms with E-state index < -0.39 is 0 Å². The minimum absolute atomic E-state index is 0.340. The summed E-state index contributed by atoms with van der Waals surface area (Å²) in [5.41, 5.74) is 1.76. The summed E-state index contributed by atoms with van der Waals surface area (Å²) in [6, 6.07) is 8.46. The third-order valence-corrected chi connectivity index (χ3v) is 5.41. The molecule has 1 amide bonds. The molecule has 1 N–H and O–H groups in total. The summed E-state index contributed by atoms with van der Waals surface area (Å²) in [5, 5.41) is 6.11. The number of halogens is 2. The van der Waals surface area contributed by atoms with Crippen LogP contribution in [0, 0.1) is 0 Å². The molecule has 1 heterocycles. The molecule has 31 heavy (non-hydrogen) atoms. The van der Waals surface area contributed by atoms with E-state index in [1.807, 2.05) is 26.2 Å². The number of benzene rings is 2. The number of hydrogen-bond donors (Lipinski definition) is 1. The minimum atomic E-state index is -0.340. The zero-order chi connectivity index (χ0) is 22.4. The van der Waals surface area contributed by atoms with Crippen LogP contribution in [-0.2, 0) is 0 Å². The van der Waals surface area contributed by atoms with Gasteiger partial charge in [0.05, 0.1) is 30.5 Å². The number of aromatic nitrogens is 1. The molecule has 0 bridgehead atoms. The Balaban J connectivity index is 1.87. The molecule has 0 radical (unpaired) electrons. The first kappa shape index (κ1) is 23.2. The van der Waals surface area contributed by atoms with E-state index >= 15 is 0 Å². The molecule has 9 heteroatoms. The Kier molecular flexibility index (Phi) is 8.01.